The van der Waals surface area contributed by atoms with Crippen molar-refractivity contribution in [3.05, 3.63) is 68.9 Å². The van der Waals surface area contributed by atoms with Gasteiger partial charge in [-0.2, -0.15) is 0 Å². The first-order valence-electron chi connectivity index (χ1n) is 14.3. The van der Waals surface area contributed by atoms with Crippen molar-refractivity contribution in [3.63, 3.8) is 0 Å². The Hall–Kier alpha value is -3.07. The molecule has 2 saturated heterocycles. The first-order chi connectivity index (χ1) is 19.9. The molecule has 214 valence electrons. The van der Waals surface area contributed by atoms with E-state index >= 15 is 0 Å². The quantitative estimate of drug-likeness (QED) is 0.285. The maximum atomic E-state index is 13.9. The van der Waals surface area contributed by atoms with E-state index in [2.05, 4.69) is 10.1 Å². The molecule has 4 aliphatic rings. The van der Waals surface area contributed by atoms with Crippen LogP contribution >= 0.6 is 23.2 Å². The van der Waals surface area contributed by atoms with Gasteiger partial charge in [0.05, 0.1) is 35.4 Å². The second kappa shape index (κ2) is 10.6. The summed E-state index contributed by atoms with van der Waals surface area (Å²) >= 11 is 13.1. The van der Waals surface area contributed by atoms with Gasteiger partial charge in [-0.25, -0.2) is 9.59 Å². The molecule has 3 aromatic rings. The van der Waals surface area contributed by atoms with Crippen LogP contribution in [0.15, 0.2) is 40.9 Å². The van der Waals surface area contributed by atoms with Crippen LogP contribution in [0.3, 0.4) is 0 Å². The Morgan fingerprint density at radius 3 is 2.41 bits per heavy atom. The van der Waals surface area contributed by atoms with Gasteiger partial charge in [0.1, 0.15) is 11.5 Å². The zero-order valence-electron chi connectivity index (χ0n) is 22.8. The normalized spacial score (nSPS) is 23.1. The van der Waals surface area contributed by atoms with Gasteiger partial charge in [-0.1, -0.05) is 40.5 Å². The lowest BCUT2D eigenvalue weighted by Gasteiger charge is -2.40. The maximum absolute atomic E-state index is 13.9. The highest BCUT2D eigenvalue weighted by atomic mass is 35.5. The number of rotatable bonds is 6. The molecule has 3 aliphatic heterocycles. The predicted molar refractivity (Wildman–Crippen MR) is 155 cm³/mol. The molecule has 8 nitrogen and oxygen atoms in total. The monoisotopic (exact) mass is 595 g/mol. The second-order valence-electron chi connectivity index (χ2n) is 11.4. The van der Waals surface area contributed by atoms with Gasteiger partial charge in [0.2, 0.25) is 0 Å². The van der Waals surface area contributed by atoms with Crippen LogP contribution in [0, 0.1) is 0 Å². The van der Waals surface area contributed by atoms with Crippen LogP contribution in [-0.4, -0.2) is 53.9 Å². The first kappa shape index (κ1) is 26.8. The minimum absolute atomic E-state index is 0.0161. The van der Waals surface area contributed by atoms with Crippen LogP contribution in [0.2, 0.25) is 10.0 Å². The van der Waals surface area contributed by atoms with E-state index in [0.717, 1.165) is 61.1 Å². The molecule has 1 aliphatic carbocycles. The summed E-state index contributed by atoms with van der Waals surface area (Å²) in [5, 5.41) is 5.44. The molecule has 0 N–H and O–H groups in total. The number of carbonyl (C=O) groups excluding carboxylic acids is 2. The fraction of sp³-hybridized carbons (Fsp3) is 0.452. The van der Waals surface area contributed by atoms with E-state index < -0.39 is 0 Å². The highest BCUT2D eigenvalue weighted by molar-refractivity contribution is 6.39. The van der Waals surface area contributed by atoms with E-state index in [-0.39, 0.29) is 30.2 Å². The minimum atomic E-state index is -0.369. The summed E-state index contributed by atoms with van der Waals surface area (Å²) in [5.41, 5.74) is 4.47. The fourth-order valence-corrected chi connectivity index (χ4v) is 7.47. The summed E-state index contributed by atoms with van der Waals surface area (Å²) < 4.78 is 17.3. The number of carbonyl (C=O) groups is 2. The summed E-state index contributed by atoms with van der Waals surface area (Å²) in [4.78, 5) is 30.0. The summed E-state index contributed by atoms with van der Waals surface area (Å²) in [6.07, 6.45) is 6.27. The van der Waals surface area contributed by atoms with Crippen LogP contribution in [0.1, 0.15) is 71.7 Å². The zero-order valence-corrected chi connectivity index (χ0v) is 24.3. The molecular weight excluding hydrogens is 565 g/mol. The topological polar surface area (TPSA) is 85.1 Å². The van der Waals surface area contributed by atoms with Gasteiger partial charge in [-0.3, -0.25) is 4.90 Å². The van der Waals surface area contributed by atoms with Gasteiger partial charge in [0, 0.05) is 41.4 Å². The van der Waals surface area contributed by atoms with Crippen molar-refractivity contribution in [3.8, 4) is 11.3 Å². The molecule has 2 bridgehead atoms. The number of hydrogen-bond donors (Lipinski definition) is 0. The summed E-state index contributed by atoms with van der Waals surface area (Å²) in [5.74, 6) is 0.854. The Morgan fingerprint density at radius 2 is 1.73 bits per heavy atom. The van der Waals surface area contributed by atoms with Crippen molar-refractivity contribution in [1.82, 2.24) is 10.1 Å². The molecule has 10 heteroatoms. The summed E-state index contributed by atoms with van der Waals surface area (Å²) in [7, 11) is 1.38. The number of amides is 2. The smallest absolute Gasteiger partial charge is 0.338 e. The third kappa shape index (κ3) is 4.70. The molecule has 7 rings (SSSR count). The largest absolute Gasteiger partial charge is 0.465 e. The van der Waals surface area contributed by atoms with E-state index in [4.69, 9.17) is 37.2 Å². The number of fused-ring (bicyclic) bond motifs is 3. The number of esters is 1. The van der Waals surface area contributed by atoms with Gasteiger partial charge in [0.15, 0.2) is 0 Å². The van der Waals surface area contributed by atoms with Crippen LogP contribution < -0.4 is 4.90 Å². The number of piperidine rings is 1. The third-order valence-electron chi connectivity index (χ3n) is 9.00. The molecule has 1 saturated carbocycles. The Balaban J connectivity index is 1.07. The van der Waals surface area contributed by atoms with Crippen molar-refractivity contribution >= 4 is 40.9 Å². The molecule has 41 heavy (non-hydrogen) atoms. The molecule has 4 heterocycles. The molecule has 3 fully saturated rings. The van der Waals surface area contributed by atoms with Crippen LogP contribution in [0.25, 0.3) is 11.3 Å². The number of anilines is 1. The lowest BCUT2D eigenvalue weighted by atomic mass is 9.99. The Morgan fingerprint density at radius 1 is 1.02 bits per heavy atom. The number of ether oxygens (including phenoxy) is 2. The third-order valence-corrected chi connectivity index (χ3v) is 9.63. The van der Waals surface area contributed by atoms with Gasteiger partial charge in [0.25, 0.3) is 0 Å². The molecule has 0 spiro atoms. The van der Waals surface area contributed by atoms with Gasteiger partial charge < -0.3 is 18.9 Å². The van der Waals surface area contributed by atoms with Crippen LogP contribution in [0.4, 0.5) is 10.5 Å². The van der Waals surface area contributed by atoms with Gasteiger partial charge >= 0.3 is 12.0 Å². The lowest BCUT2D eigenvalue weighted by molar-refractivity contribution is -0.0164. The molecule has 2 aromatic carbocycles. The SMILES string of the molecule is COC(=O)c1cccc2c1CCN2C(=O)N1[C@@H]2CC[C@H]1CC(OCc1c(-c3c(Cl)cccc3Cl)noc1C1CC1)C2. The number of urea groups is 1. The Labute approximate surface area is 248 Å². The van der Waals surface area contributed by atoms with E-state index in [1.54, 1.807) is 18.2 Å². The number of hydrogen-bond acceptors (Lipinski definition) is 6. The summed E-state index contributed by atoms with van der Waals surface area (Å²) in [6, 6.07) is 11.2. The fourth-order valence-electron chi connectivity index (χ4n) is 6.90. The lowest BCUT2D eigenvalue weighted by Crippen LogP contribution is -2.53. The van der Waals surface area contributed by atoms with Crippen molar-refractivity contribution in [1.29, 1.82) is 0 Å². The summed E-state index contributed by atoms with van der Waals surface area (Å²) in [6.45, 7) is 0.920. The highest BCUT2D eigenvalue weighted by Crippen LogP contribution is 2.47. The second-order valence-corrected chi connectivity index (χ2v) is 12.2. The van der Waals surface area contributed by atoms with E-state index in [1.165, 1.54) is 7.11 Å². The number of benzene rings is 2. The van der Waals surface area contributed by atoms with E-state index in [1.807, 2.05) is 23.1 Å². The Kier molecular flexibility index (Phi) is 6.96. The molecule has 3 atom stereocenters. The first-order valence-corrected chi connectivity index (χ1v) is 15.0. The van der Waals surface area contributed by atoms with E-state index in [9.17, 15) is 9.59 Å². The maximum Gasteiger partial charge on any atom is 0.338 e. The van der Waals surface area contributed by atoms with Crippen LogP contribution in [0.5, 0.6) is 0 Å². The van der Waals surface area contributed by atoms with E-state index in [0.29, 0.717) is 52.4 Å². The average Bonchev–Trinajstić information content (AvgIpc) is 3.49. The standard InChI is InChI=1S/C31H31Cl2N3O5/c1-39-30(37)22-4-2-7-26-21(22)12-13-35(26)31(38)36-18-10-11-19(36)15-20(14-18)40-16-23-28(34-41-29(23)17-8-9-17)27-24(32)5-3-6-25(27)33/h2-7,17-20H,8-16H2,1H3/t18-,19+,20?. The van der Waals surface area contributed by atoms with Crippen molar-refractivity contribution in [2.24, 2.45) is 0 Å². The average molecular weight is 597 g/mol. The van der Waals surface area contributed by atoms with Crippen LogP contribution in [-0.2, 0) is 22.5 Å². The number of methoxy groups -OCH3 is 1. The Bertz CT molecular complexity index is 1490. The molecule has 2 amide bonds. The van der Waals surface area contributed by atoms with Crippen molar-refractivity contribution in [2.75, 3.05) is 18.6 Å². The number of halogens is 2. The number of aromatic nitrogens is 1. The van der Waals surface area contributed by atoms with Crippen molar-refractivity contribution in [2.45, 2.75) is 75.7 Å². The minimum Gasteiger partial charge on any atom is -0.465 e. The molecule has 1 unspecified atom stereocenters. The van der Waals surface area contributed by atoms with Gasteiger partial charge in [-0.05, 0) is 74.8 Å². The highest BCUT2D eigenvalue weighted by Gasteiger charge is 2.46. The predicted octanol–water partition coefficient (Wildman–Crippen LogP) is 7.01. The number of nitrogens with zero attached hydrogens (tertiary/aromatic N) is 3. The zero-order chi connectivity index (χ0) is 28.2. The van der Waals surface area contributed by atoms with Gasteiger partial charge in [-0.15, -0.1) is 0 Å². The molecular formula is C31H31Cl2N3O5. The molecule has 1 aromatic heterocycles. The van der Waals surface area contributed by atoms with Crippen molar-refractivity contribution < 1.29 is 23.6 Å². The molecule has 0 radical (unpaired) electrons.